The van der Waals surface area contributed by atoms with Gasteiger partial charge in [0.05, 0.1) is 12.6 Å². The van der Waals surface area contributed by atoms with Gasteiger partial charge in [-0.25, -0.2) is 4.98 Å². The van der Waals surface area contributed by atoms with Crippen molar-refractivity contribution in [3.8, 4) is 0 Å². The molecule has 0 saturated carbocycles. The number of aromatic nitrogens is 1. The Hall–Kier alpha value is -1.40. The van der Waals surface area contributed by atoms with Crippen molar-refractivity contribution in [1.82, 2.24) is 10.3 Å². The molecule has 0 bridgehead atoms. The number of hydrogen-bond acceptors (Lipinski definition) is 5. The van der Waals surface area contributed by atoms with Crippen molar-refractivity contribution in [3.63, 3.8) is 0 Å². The van der Waals surface area contributed by atoms with Crippen LogP contribution in [-0.4, -0.2) is 35.3 Å². The summed E-state index contributed by atoms with van der Waals surface area (Å²) in [5.74, 6) is 0.162. The monoisotopic (exact) mass is 296 g/mol. The minimum absolute atomic E-state index is 0.0158. The fourth-order valence-electron chi connectivity index (χ4n) is 2.59. The average Bonchev–Trinajstić information content (AvgIpc) is 3.06. The van der Waals surface area contributed by atoms with E-state index >= 15 is 0 Å². The smallest absolute Gasteiger partial charge is 0.273 e. The molecule has 1 aromatic rings. The molecule has 2 atom stereocenters. The molecule has 2 N–H and O–H groups in total. The van der Waals surface area contributed by atoms with E-state index in [2.05, 4.69) is 31.1 Å². The summed E-state index contributed by atoms with van der Waals surface area (Å²) in [5, 5.41) is 12.3. The van der Waals surface area contributed by atoms with E-state index in [-0.39, 0.29) is 35.8 Å². The van der Waals surface area contributed by atoms with E-state index in [1.165, 1.54) is 6.39 Å². The molecule has 118 valence electrons. The number of aliphatic hydroxyl groups is 1. The molecule has 0 aliphatic carbocycles. The van der Waals surface area contributed by atoms with Gasteiger partial charge in [0, 0.05) is 6.61 Å². The lowest BCUT2D eigenvalue weighted by Gasteiger charge is -2.25. The fourth-order valence-corrected chi connectivity index (χ4v) is 2.59. The summed E-state index contributed by atoms with van der Waals surface area (Å²) in [4.78, 5) is 16.3. The highest BCUT2D eigenvalue weighted by Gasteiger charge is 2.29. The molecule has 0 aromatic carbocycles. The van der Waals surface area contributed by atoms with Crippen molar-refractivity contribution in [1.29, 1.82) is 0 Å². The van der Waals surface area contributed by atoms with Crippen molar-refractivity contribution in [2.24, 2.45) is 5.41 Å². The average molecular weight is 296 g/mol. The minimum Gasteiger partial charge on any atom is -0.445 e. The van der Waals surface area contributed by atoms with E-state index in [1.54, 1.807) is 0 Å². The molecule has 2 unspecified atom stereocenters. The molecule has 1 aromatic heterocycles. The van der Waals surface area contributed by atoms with Gasteiger partial charge in [-0.1, -0.05) is 20.8 Å². The molecule has 1 amide bonds. The van der Waals surface area contributed by atoms with Gasteiger partial charge in [0.15, 0.2) is 17.8 Å². The van der Waals surface area contributed by atoms with Crippen molar-refractivity contribution in [2.75, 3.05) is 13.2 Å². The van der Waals surface area contributed by atoms with Gasteiger partial charge in [0.25, 0.3) is 5.91 Å². The lowest BCUT2D eigenvalue weighted by molar-refractivity contribution is 0.0830. The second kappa shape index (κ2) is 6.58. The van der Waals surface area contributed by atoms with Crippen LogP contribution < -0.4 is 5.32 Å². The maximum Gasteiger partial charge on any atom is 0.273 e. The lowest BCUT2D eigenvalue weighted by Crippen LogP contribution is -2.40. The highest BCUT2D eigenvalue weighted by Crippen LogP contribution is 2.30. The Bertz CT molecular complexity index is 472. The molecule has 2 rings (SSSR count). The third kappa shape index (κ3) is 4.28. The Morgan fingerprint density at radius 2 is 2.33 bits per heavy atom. The van der Waals surface area contributed by atoms with E-state index in [9.17, 15) is 9.90 Å². The number of hydrogen-bond donors (Lipinski definition) is 2. The molecule has 0 radical (unpaired) electrons. The van der Waals surface area contributed by atoms with Crippen molar-refractivity contribution >= 4 is 5.91 Å². The molecule has 0 spiro atoms. The van der Waals surface area contributed by atoms with Crippen LogP contribution in [0.15, 0.2) is 10.8 Å². The van der Waals surface area contributed by atoms with Gasteiger partial charge >= 0.3 is 0 Å². The largest absolute Gasteiger partial charge is 0.445 e. The highest BCUT2D eigenvalue weighted by atomic mass is 16.5. The van der Waals surface area contributed by atoms with E-state index in [0.29, 0.717) is 18.8 Å². The maximum atomic E-state index is 12.3. The Labute approximate surface area is 124 Å². The molecular formula is C15H24N2O4. The number of oxazole rings is 1. The summed E-state index contributed by atoms with van der Waals surface area (Å²) in [6.07, 6.45) is 3.55. The van der Waals surface area contributed by atoms with Gasteiger partial charge in [-0.15, -0.1) is 0 Å². The molecule has 1 aliphatic heterocycles. The second-order valence-electron chi connectivity index (χ2n) is 6.68. The molecule has 1 fully saturated rings. The van der Waals surface area contributed by atoms with Crippen LogP contribution in [0.2, 0.25) is 0 Å². The normalized spacial score (nSPS) is 20.5. The first-order valence-electron chi connectivity index (χ1n) is 7.37. The van der Waals surface area contributed by atoms with E-state index in [4.69, 9.17) is 9.15 Å². The lowest BCUT2D eigenvalue weighted by atomic mass is 9.88. The zero-order chi connectivity index (χ0) is 15.5. The number of ether oxygens (including phenoxy) is 1. The Balaban J connectivity index is 2.04. The van der Waals surface area contributed by atoms with Gasteiger partial charge in [-0.2, -0.15) is 0 Å². The van der Waals surface area contributed by atoms with Crippen LogP contribution in [0.1, 0.15) is 62.4 Å². The predicted octanol–water partition coefficient (Wildman–Crippen LogP) is 2.05. The van der Waals surface area contributed by atoms with Gasteiger partial charge in [-0.3, -0.25) is 4.79 Å². The molecule has 6 heteroatoms. The van der Waals surface area contributed by atoms with Gasteiger partial charge in [-0.05, 0) is 24.7 Å². The quantitative estimate of drug-likeness (QED) is 0.868. The number of nitrogens with one attached hydrogen (secondary N) is 1. The van der Waals surface area contributed by atoms with Crippen LogP contribution in [0.3, 0.4) is 0 Å². The zero-order valence-electron chi connectivity index (χ0n) is 12.9. The van der Waals surface area contributed by atoms with Gasteiger partial charge < -0.3 is 19.6 Å². The molecule has 6 nitrogen and oxygen atoms in total. The van der Waals surface area contributed by atoms with E-state index in [1.807, 2.05) is 0 Å². The summed E-state index contributed by atoms with van der Waals surface area (Å²) in [7, 11) is 0. The van der Waals surface area contributed by atoms with Crippen LogP contribution in [0.25, 0.3) is 0 Å². The predicted molar refractivity (Wildman–Crippen MR) is 76.8 cm³/mol. The summed E-state index contributed by atoms with van der Waals surface area (Å²) >= 11 is 0. The van der Waals surface area contributed by atoms with E-state index in [0.717, 1.165) is 12.8 Å². The van der Waals surface area contributed by atoms with Gasteiger partial charge in [0.1, 0.15) is 6.10 Å². The number of nitrogens with zero attached hydrogens (tertiary/aromatic N) is 1. The maximum absolute atomic E-state index is 12.3. The van der Waals surface area contributed by atoms with Crippen LogP contribution in [-0.2, 0) is 4.74 Å². The summed E-state index contributed by atoms with van der Waals surface area (Å²) in [6, 6.07) is -0.299. The third-order valence-electron chi connectivity index (χ3n) is 3.45. The van der Waals surface area contributed by atoms with Crippen molar-refractivity contribution < 1.29 is 19.1 Å². The number of carbonyl (C=O) groups is 1. The summed E-state index contributed by atoms with van der Waals surface area (Å²) in [5.41, 5.74) is 0.274. The standard InChI is InChI=1S/C15H24N2O4/c1-15(2,3)7-10(8-18)17-14(19)12-13(21-9-16-12)11-5-4-6-20-11/h9-11,18H,4-8H2,1-3H3,(H,17,19). The molecule has 1 aliphatic rings. The van der Waals surface area contributed by atoms with Crippen LogP contribution in [0, 0.1) is 5.41 Å². The second-order valence-corrected chi connectivity index (χ2v) is 6.68. The zero-order valence-corrected chi connectivity index (χ0v) is 12.9. The van der Waals surface area contributed by atoms with Crippen LogP contribution >= 0.6 is 0 Å². The van der Waals surface area contributed by atoms with Crippen molar-refractivity contribution in [3.05, 3.63) is 17.8 Å². The van der Waals surface area contributed by atoms with Gasteiger partial charge in [0.2, 0.25) is 0 Å². The first-order chi connectivity index (χ1) is 9.90. The third-order valence-corrected chi connectivity index (χ3v) is 3.45. The molecular weight excluding hydrogens is 272 g/mol. The van der Waals surface area contributed by atoms with Crippen molar-refractivity contribution in [2.45, 2.75) is 52.2 Å². The summed E-state index contributed by atoms with van der Waals surface area (Å²) < 4.78 is 10.9. The molecule has 21 heavy (non-hydrogen) atoms. The first-order valence-corrected chi connectivity index (χ1v) is 7.37. The van der Waals surface area contributed by atoms with Crippen LogP contribution in [0.5, 0.6) is 0 Å². The minimum atomic E-state index is -0.322. The van der Waals surface area contributed by atoms with E-state index < -0.39 is 0 Å². The highest BCUT2D eigenvalue weighted by molar-refractivity contribution is 5.93. The SMILES string of the molecule is CC(C)(C)CC(CO)NC(=O)c1ncoc1C1CCCO1. The Morgan fingerprint density at radius 1 is 1.57 bits per heavy atom. The summed E-state index contributed by atoms with van der Waals surface area (Å²) in [6.45, 7) is 6.77. The number of aliphatic hydroxyl groups excluding tert-OH is 1. The number of rotatable bonds is 5. The number of carbonyl (C=O) groups excluding carboxylic acids is 1. The fraction of sp³-hybridized carbons (Fsp3) is 0.733. The Morgan fingerprint density at radius 3 is 2.90 bits per heavy atom. The topological polar surface area (TPSA) is 84.6 Å². The number of amides is 1. The molecule has 2 heterocycles. The molecule has 1 saturated heterocycles. The van der Waals surface area contributed by atoms with Crippen LogP contribution in [0.4, 0.5) is 0 Å². The first kappa shape index (κ1) is 16.0. The Kier molecular flexibility index (Phi) is 5.00.